The molecule has 0 unspecified atom stereocenters. The molecule has 6 rings (SSSR count). The molecule has 2 aliphatic rings. The van der Waals surface area contributed by atoms with E-state index in [2.05, 4.69) is 38.1 Å². The van der Waals surface area contributed by atoms with Gasteiger partial charge < -0.3 is 21.1 Å². The van der Waals surface area contributed by atoms with Crippen LogP contribution in [0.3, 0.4) is 0 Å². The first kappa shape index (κ1) is 37.0. The number of anilines is 5. The number of hydrogen-bond donors (Lipinski definition) is 4. The van der Waals surface area contributed by atoms with Crippen LogP contribution in [0.1, 0.15) is 36.0 Å². The highest BCUT2D eigenvalue weighted by molar-refractivity contribution is 7.89. The number of nitrogens with one attached hydrogen (secondary N) is 3. The van der Waals surface area contributed by atoms with Gasteiger partial charge in [-0.2, -0.15) is 27.7 Å². The lowest BCUT2D eigenvalue weighted by molar-refractivity contribution is -0.192. The molecule has 1 saturated heterocycles. The van der Waals surface area contributed by atoms with Gasteiger partial charge in [0, 0.05) is 36.6 Å². The van der Waals surface area contributed by atoms with E-state index in [4.69, 9.17) is 21.5 Å². The van der Waals surface area contributed by atoms with Gasteiger partial charge in [-0.05, 0) is 85.2 Å². The van der Waals surface area contributed by atoms with Gasteiger partial charge >= 0.3 is 12.1 Å². The molecule has 0 atom stereocenters. The van der Waals surface area contributed by atoms with E-state index in [1.54, 1.807) is 18.3 Å². The molecule has 1 aromatic heterocycles. The standard InChI is InChI=1S/C32H30ClN7O3S.C2HF3O2/c33-27-20-35-32-37-25-6-3-4-21(16-25)8-9-23-18-26(36-31(27)39-32)10-11-28(23)38-30(41)17-22-12-14-40(15-13-22)44(42,43)29-7-2-1-5-24(29)19-34;3-2(4,5)1(6)7/h1-7,10-11,16,18,20,22H,8-9,12-15,17H2,(H,38,41)(H2,35,36,37,39);(H,6,7). The van der Waals surface area contributed by atoms with E-state index in [1.807, 2.05) is 36.4 Å². The van der Waals surface area contributed by atoms with E-state index < -0.39 is 22.2 Å². The second kappa shape index (κ2) is 15.8. The smallest absolute Gasteiger partial charge is 0.475 e. The van der Waals surface area contributed by atoms with Gasteiger partial charge in [0.15, 0.2) is 5.82 Å². The number of carbonyl (C=O) groups is 2. The highest BCUT2D eigenvalue weighted by Crippen LogP contribution is 2.31. The van der Waals surface area contributed by atoms with E-state index in [0.29, 0.717) is 49.1 Å². The molecule has 4 aromatic rings. The number of aryl methyl sites for hydroxylation is 2. The van der Waals surface area contributed by atoms with E-state index >= 15 is 0 Å². The number of carbonyl (C=O) groups excluding carboxylic acids is 1. The van der Waals surface area contributed by atoms with Crippen molar-refractivity contribution in [2.45, 2.75) is 43.2 Å². The van der Waals surface area contributed by atoms with Crippen molar-refractivity contribution in [3.63, 3.8) is 0 Å². The lowest BCUT2D eigenvalue weighted by Gasteiger charge is -2.31. The van der Waals surface area contributed by atoms with Crippen molar-refractivity contribution < 1.29 is 36.3 Å². The maximum Gasteiger partial charge on any atom is 0.490 e. The molecular weight excluding hydrogens is 711 g/mol. The van der Waals surface area contributed by atoms with Crippen molar-refractivity contribution in [1.82, 2.24) is 14.3 Å². The molecule has 1 fully saturated rings. The number of carboxylic acids is 1. The molecule has 1 amide bonds. The van der Waals surface area contributed by atoms with E-state index in [0.717, 1.165) is 34.6 Å². The molecule has 2 aliphatic heterocycles. The summed E-state index contributed by atoms with van der Waals surface area (Å²) in [4.78, 5) is 31.0. The minimum absolute atomic E-state index is 0.0242. The molecular formula is C34H31ClF3N7O5S. The van der Waals surface area contributed by atoms with Crippen molar-refractivity contribution in [2.75, 3.05) is 29.0 Å². The number of amides is 1. The van der Waals surface area contributed by atoms with Crippen LogP contribution in [0, 0.1) is 17.2 Å². The Morgan fingerprint density at radius 1 is 1.02 bits per heavy atom. The Morgan fingerprint density at radius 2 is 1.73 bits per heavy atom. The Bertz CT molecular complexity index is 2090. The summed E-state index contributed by atoms with van der Waals surface area (Å²) >= 11 is 6.38. The topological polar surface area (TPSA) is 177 Å². The Kier molecular flexibility index (Phi) is 11.4. The van der Waals surface area contributed by atoms with Gasteiger partial charge in [0.25, 0.3) is 0 Å². The first-order valence-corrected chi connectivity index (χ1v) is 17.4. The van der Waals surface area contributed by atoms with Crippen molar-refractivity contribution in [1.29, 1.82) is 5.26 Å². The normalized spacial score (nSPS) is 14.8. The fourth-order valence-corrected chi connectivity index (χ4v) is 7.36. The number of hydrogen-bond acceptors (Lipinski definition) is 9. The van der Waals surface area contributed by atoms with Crippen LogP contribution >= 0.6 is 11.6 Å². The fourth-order valence-electron chi connectivity index (χ4n) is 5.60. The average Bonchev–Trinajstić information content (AvgIpc) is 3.10. The van der Waals surface area contributed by atoms with Crippen molar-refractivity contribution in [3.05, 3.63) is 94.6 Å². The zero-order chi connectivity index (χ0) is 36.8. The Hall–Kier alpha value is -5.24. The second-order valence-corrected chi connectivity index (χ2v) is 14.0. The summed E-state index contributed by atoms with van der Waals surface area (Å²) in [6, 6.07) is 22.0. The lowest BCUT2D eigenvalue weighted by Crippen LogP contribution is -2.39. The van der Waals surface area contributed by atoms with E-state index in [9.17, 15) is 31.6 Å². The zero-order valence-corrected chi connectivity index (χ0v) is 28.3. The number of aromatic nitrogens is 2. The molecule has 6 bridgehead atoms. The summed E-state index contributed by atoms with van der Waals surface area (Å²) in [5.74, 6) is -1.94. The second-order valence-electron chi connectivity index (χ2n) is 11.7. The zero-order valence-electron chi connectivity index (χ0n) is 26.7. The summed E-state index contributed by atoms with van der Waals surface area (Å²) < 4.78 is 59.5. The van der Waals surface area contributed by atoms with E-state index in [1.165, 1.54) is 16.4 Å². The highest BCUT2D eigenvalue weighted by Gasteiger charge is 2.38. The third kappa shape index (κ3) is 9.51. The van der Waals surface area contributed by atoms with Crippen LogP contribution in [0.2, 0.25) is 5.02 Å². The van der Waals surface area contributed by atoms with Crippen LogP contribution < -0.4 is 16.0 Å². The predicted molar refractivity (Wildman–Crippen MR) is 183 cm³/mol. The van der Waals surface area contributed by atoms with Gasteiger partial charge in [-0.1, -0.05) is 35.9 Å². The minimum Gasteiger partial charge on any atom is -0.475 e. The number of rotatable bonds is 5. The summed E-state index contributed by atoms with van der Waals surface area (Å²) in [6.45, 7) is 0.597. The van der Waals surface area contributed by atoms with Crippen LogP contribution in [-0.2, 0) is 32.5 Å². The molecule has 3 aromatic carbocycles. The number of carboxylic acid groups (broad SMARTS) is 1. The molecule has 0 saturated carbocycles. The van der Waals surface area contributed by atoms with Gasteiger partial charge in [0.2, 0.25) is 21.9 Å². The fraction of sp³-hybridized carbons (Fsp3) is 0.265. The number of sulfonamides is 1. The first-order chi connectivity index (χ1) is 24.2. The monoisotopic (exact) mass is 741 g/mol. The largest absolute Gasteiger partial charge is 0.490 e. The van der Waals surface area contributed by atoms with Crippen molar-refractivity contribution in [3.8, 4) is 6.07 Å². The van der Waals surface area contributed by atoms with Crippen LogP contribution in [0.15, 0.2) is 77.8 Å². The number of piperidine rings is 1. The Labute approximate surface area is 296 Å². The maximum absolute atomic E-state index is 13.2. The molecule has 3 heterocycles. The van der Waals surface area contributed by atoms with Crippen LogP contribution in [0.4, 0.5) is 42.0 Å². The molecule has 17 heteroatoms. The van der Waals surface area contributed by atoms with Crippen molar-refractivity contribution in [2.24, 2.45) is 5.92 Å². The lowest BCUT2D eigenvalue weighted by atomic mass is 9.94. The Balaban J connectivity index is 0.000000654. The molecule has 0 spiro atoms. The van der Waals surface area contributed by atoms with Crippen LogP contribution in [0.25, 0.3) is 0 Å². The number of alkyl halides is 3. The number of fused-ring (bicyclic) bond motifs is 6. The number of nitriles is 1. The minimum atomic E-state index is -5.08. The predicted octanol–water partition coefficient (Wildman–Crippen LogP) is 6.65. The summed E-state index contributed by atoms with van der Waals surface area (Å²) in [5, 5.41) is 26.5. The maximum atomic E-state index is 13.2. The Morgan fingerprint density at radius 3 is 2.43 bits per heavy atom. The van der Waals surface area contributed by atoms with Crippen LogP contribution in [-0.4, -0.2) is 58.9 Å². The molecule has 12 nitrogen and oxygen atoms in total. The van der Waals surface area contributed by atoms with Crippen LogP contribution in [0.5, 0.6) is 0 Å². The van der Waals surface area contributed by atoms with Gasteiger partial charge in [-0.15, -0.1) is 0 Å². The molecule has 4 N–H and O–H groups in total. The van der Waals surface area contributed by atoms with Gasteiger partial charge in [0.05, 0.1) is 16.7 Å². The average molecular weight is 742 g/mol. The van der Waals surface area contributed by atoms with Crippen molar-refractivity contribution >= 4 is 62.3 Å². The number of halogens is 4. The first-order valence-electron chi connectivity index (χ1n) is 15.6. The van der Waals surface area contributed by atoms with E-state index in [-0.39, 0.29) is 28.7 Å². The van der Waals surface area contributed by atoms with Gasteiger partial charge in [0.1, 0.15) is 11.1 Å². The summed E-state index contributed by atoms with van der Waals surface area (Å²) in [5.41, 5.74) is 4.59. The molecule has 51 heavy (non-hydrogen) atoms. The molecule has 266 valence electrons. The quantitative estimate of drug-likeness (QED) is 0.173. The number of nitrogens with zero attached hydrogens (tertiary/aromatic N) is 4. The third-order valence-electron chi connectivity index (χ3n) is 8.17. The summed E-state index contributed by atoms with van der Waals surface area (Å²) in [6.07, 6.45) is -0.695. The third-order valence-corrected chi connectivity index (χ3v) is 10.4. The number of benzene rings is 3. The van der Waals surface area contributed by atoms with Gasteiger partial charge in [-0.3, -0.25) is 4.79 Å². The molecule has 0 radical (unpaired) electrons. The molecule has 0 aliphatic carbocycles. The highest BCUT2D eigenvalue weighted by atomic mass is 35.5. The number of aliphatic carboxylic acids is 1. The SMILES string of the molecule is N#Cc1ccccc1S(=O)(=O)N1CCC(CC(=O)Nc2ccc3cc2CCc2cccc(c2)Nc2ncc(Cl)c(n2)N3)CC1.O=C(O)C(F)(F)F. The van der Waals surface area contributed by atoms with Gasteiger partial charge in [-0.25, -0.2) is 18.2 Å². The summed E-state index contributed by atoms with van der Waals surface area (Å²) in [7, 11) is -3.78.